The lowest BCUT2D eigenvalue weighted by Gasteiger charge is -2.60. The molecule has 2 heterocycles. The van der Waals surface area contributed by atoms with Gasteiger partial charge in [0, 0.05) is 24.9 Å². The molecular formula is C19H24ClN3O2. The number of hydrogen-bond acceptors (Lipinski definition) is 3. The van der Waals surface area contributed by atoms with E-state index < -0.39 is 6.09 Å². The van der Waals surface area contributed by atoms with Gasteiger partial charge in [-0.2, -0.15) is 0 Å². The monoisotopic (exact) mass is 361 g/mol. The summed E-state index contributed by atoms with van der Waals surface area (Å²) in [4.78, 5) is 22.7. The minimum absolute atomic E-state index is 0.0274. The molecule has 4 saturated carbocycles. The lowest BCUT2D eigenvalue weighted by Crippen LogP contribution is -2.57. The topological polar surface area (TPSA) is 66.3 Å². The van der Waals surface area contributed by atoms with Crippen molar-refractivity contribution in [3.8, 4) is 0 Å². The van der Waals surface area contributed by atoms with Crippen LogP contribution in [0.3, 0.4) is 0 Å². The molecule has 0 spiro atoms. The van der Waals surface area contributed by atoms with Crippen molar-refractivity contribution < 1.29 is 9.90 Å². The number of nitrogens with zero attached hydrogens (tertiary/aromatic N) is 3. The molecule has 2 atom stereocenters. The van der Waals surface area contributed by atoms with Crippen LogP contribution in [-0.4, -0.2) is 38.7 Å². The van der Waals surface area contributed by atoms with Crippen LogP contribution in [0, 0.1) is 23.2 Å². The number of carbonyl (C=O) groups is 1. The average molecular weight is 362 g/mol. The maximum atomic E-state index is 12.0. The van der Waals surface area contributed by atoms with Crippen LogP contribution in [0.4, 0.5) is 4.79 Å². The maximum absolute atomic E-state index is 12.0. The van der Waals surface area contributed by atoms with Crippen LogP contribution in [0.25, 0.3) is 0 Å². The van der Waals surface area contributed by atoms with Gasteiger partial charge in [0.05, 0.1) is 11.1 Å². The SMILES string of the molecule is O=C(O)N1CCC(c2ncc(Cl)cn2)C1C12CC3CC(CC(C3)C1)C2. The first-order valence-electron chi connectivity index (χ1n) is 9.51. The summed E-state index contributed by atoms with van der Waals surface area (Å²) in [6, 6.07) is 0.0274. The molecule has 4 aliphatic carbocycles. The van der Waals surface area contributed by atoms with E-state index in [-0.39, 0.29) is 17.4 Å². The van der Waals surface area contributed by atoms with Gasteiger partial charge in [0.15, 0.2) is 0 Å². The van der Waals surface area contributed by atoms with Crippen LogP contribution in [0.2, 0.25) is 5.02 Å². The molecule has 0 aromatic carbocycles. The molecule has 4 bridgehead atoms. The molecule has 1 amide bonds. The van der Waals surface area contributed by atoms with Gasteiger partial charge in [-0.15, -0.1) is 0 Å². The van der Waals surface area contributed by atoms with Gasteiger partial charge < -0.3 is 10.0 Å². The Kier molecular flexibility index (Phi) is 3.53. The fraction of sp³-hybridized carbons (Fsp3) is 0.737. The Morgan fingerprint density at radius 2 is 1.68 bits per heavy atom. The van der Waals surface area contributed by atoms with Gasteiger partial charge in [0.2, 0.25) is 0 Å². The van der Waals surface area contributed by atoms with E-state index in [0.29, 0.717) is 11.6 Å². The minimum Gasteiger partial charge on any atom is -0.465 e. The van der Waals surface area contributed by atoms with Crippen molar-refractivity contribution in [3.63, 3.8) is 0 Å². The van der Waals surface area contributed by atoms with E-state index in [1.807, 2.05) is 0 Å². The summed E-state index contributed by atoms with van der Waals surface area (Å²) in [7, 11) is 0. The summed E-state index contributed by atoms with van der Waals surface area (Å²) in [6.45, 7) is 0.596. The largest absolute Gasteiger partial charge is 0.465 e. The second-order valence-electron chi connectivity index (χ2n) is 8.86. The van der Waals surface area contributed by atoms with Crippen molar-refractivity contribution in [1.29, 1.82) is 0 Å². The lowest BCUT2D eigenvalue weighted by molar-refractivity contribution is -0.0923. The molecule has 6 rings (SSSR count). The zero-order valence-electron chi connectivity index (χ0n) is 14.3. The summed E-state index contributed by atoms with van der Waals surface area (Å²) in [5.41, 5.74) is 0.136. The van der Waals surface area contributed by atoms with Crippen LogP contribution >= 0.6 is 11.6 Å². The molecule has 2 unspecified atom stereocenters. The van der Waals surface area contributed by atoms with Crippen LogP contribution < -0.4 is 0 Å². The molecular weight excluding hydrogens is 338 g/mol. The van der Waals surface area contributed by atoms with Crippen molar-refractivity contribution in [3.05, 3.63) is 23.2 Å². The quantitative estimate of drug-likeness (QED) is 0.858. The molecule has 0 radical (unpaired) electrons. The van der Waals surface area contributed by atoms with E-state index in [1.165, 1.54) is 38.5 Å². The van der Waals surface area contributed by atoms with Crippen molar-refractivity contribution >= 4 is 17.7 Å². The van der Waals surface area contributed by atoms with E-state index in [1.54, 1.807) is 17.3 Å². The van der Waals surface area contributed by atoms with Gasteiger partial charge in [-0.25, -0.2) is 14.8 Å². The molecule has 1 N–H and O–H groups in total. The standard InChI is InChI=1S/C19H24ClN3O2/c20-14-9-21-17(22-10-14)15-1-2-23(18(24)25)16(15)19-6-11-3-12(7-19)5-13(4-11)8-19/h9-13,15-16H,1-8H2,(H,24,25). The van der Waals surface area contributed by atoms with E-state index in [2.05, 4.69) is 9.97 Å². The Bertz CT molecular complexity index is 657. The van der Waals surface area contributed by atoms with Crippen LogP contribution in [0.1, 0.15) is 56.7 Å². The number of carboxylic acid groups (broad SMARTS) is 1. The van der Waals surface area contributed by atoms with Gasteiger partial charge in [0.25, 0.3) is 0 Å². The normalized spacial score (nSPS) is 42.1. The summed E-state index contributed by atoms with van der Waals surface area (Å²) in [5.74, 6) is 3.27. The fourth-order valence-corrected chi connectivity index (χ4v) is 7.19. The first-order valence-corrected chi connectivity index (χ1v) is 9.89. The Balaban J connectivity index is 1.54. The van der Waals surface area contributed by atoms with Gasteiger partial charge in [0.1, 0.15) is 5.82 Å². The van der Waals surface area contributed by atoms with E-state index in [9.17, 15) is 9.90 Å². The summed E-state index contributed by atoms with van der Waals surface area (Å²) in [6.07, 6.45) is 11.0. The van der Waals surface area contributed by atoms with Gasteiger partial charge in [-0.05, 0) is 68.1 Å². The summed E-state index contributed by atoms with van der Waals surface area (Å²) >= 11 is 5.96. The number of aromatic nitrogens is 2. The number of halogens is 1. The van der Waals surface area contributed by atoms with Gasteiger partial charge in [-0.1, -0.05) is 11.6 Å². The highest BCUT2D eigenvalue weighted by Gasteiger charge is 2.59. The van der Waals surface area contributed by atoms with Crippen molar-refractivity contribution in [2.45, 2.75) is 56.9 Å². The summed E-state index contributed by atoms with van der Waals surface area (Å²) < 4.78 is 0. The highest BCUT2D eigenvalue weighted by molar-refractivity contribution is 6.30. The Morgan fingerprint density at radius 3 is 2.20 bits per heavy atom. The predicted molar refractivity (Wildman–Crippen MR) is 93.5 cm³/mol. The molecule has 5 aliphatic rings. The van der Waals surface area contributed by atoms with Crippen LogP contribution in [0.5, 0.6) is 0 Å². The molecule has 6 heteroatoms. The second-order valence-corrected chi connectivity index (χ2v) is 9.29. The maximum Gasteiger partial charge on any atom is 0.407 e. The number of amides is 1. The third-order valence-corrected chi connectivity index (χ3v) is 7.52. The molecule has 1 saturated heterocycles. The molecule has 25 heavy (non-hydrogen) atoms. The molecule has 1 aromatic heterocycles. The van der Waals surface area contributed by atoms with E-state index in [0.717, 1.165) is 30.0 Å². The van der Waals surface area contributed by atoms with Gasteiger partial charge in [-0.3, -0.25) is 0 Å². The van der Waals surface area contributed by atoms with E-state index >= 15 is 0 Å². The summed E-state index contributed by atoms with van der Waals surface area (Å²) in [5, 5.41) is 10.4. The second kappa shape index (κ2) is 5.57. The van der Waals surface area contributed by atoms with E-state index in [4.69, 9.17) is 11.6 Å². The lowest BCUT2D eigenvalue weighted by atomic mass is 9.46. The van der Waals surface area contributed by atoms with Crippen molar-refractivity contribution in [2.75, 3.05) is 6.54 Å². The Hall–Kier alpha value is -1.36. The molecule has 134 valence electrons. The first-order chi connectivity index (χ1) is 12.0. The average Bonchev–Trinajstić information content (AvgIpc) is 3.00. The van der Waals surface area contributed by atoms with Gasteiger partial charge >= 0.3 is 6.09 Å². The minimum atomic E-state index is -0.780. The van der Waals surface area contributed by atoms with Crippen molar-refractivity contribution in [2.24, 2.45) is 23.2 Å². The molecule has 5 nitrogen and oxygen atoms in total. The smallest absolute Gasteiger partial charge is 0.407 e. The van der Waals surface area contributed by atoms with Crippen molar-refractivity contribution in [1.82, 2.24) is 14.9 Å². The Morgan fingerprint density at radius 1 is 1.12 bits per heavy atom. The van der Waals surface area contributed by atoms with Crippen LogP contribution in [0.15, 0.2) is 12.4 Å². The highest BCUT2D eigenvalue weighted by Crippen LogP contribution is 2.64. The molecule has 5 fully saturated rings. The first kappa shape index (κ1) is 15.9. The number of rotatable bonds is 2. The zero-order valence-corrected chi connectivity index (χ0v) is 15.0. The predicted octanol–water partition coefficient (Wildman–Crippen LogP) is 4.18. The third kappa shape index (κ3) is 2.46. The van der Waals surface area contributed by atoms with Crippen LogP contribution in [-0.2, 0) is 0 Å². The highest BCUT2D eigenvalue weighted by atomic mass is 35.5. The third-order valence-electron chi connectivity index (χ3n) is 7.33. The Labute approximate surface area is 152 Å². The number of hydrogen-bond donors (Lipinski definition) is 1. The fourth-order valence-electron chi connectivity index (χ4n) is 7.09. The zero-order chi connectivity index (χ0) is 17.2. The molecule has 1 aliphatic heterocycles. The molecule has 1 aromatic rings. The number of likely N-dealkylation sites (tertiary alicyclic amines) is 1.